The minimum Gasteiger partial charge on any atom is -0.494 e. The van der Waals surface area contributed by atoms with Crippen molar-refractivity contribution in [3.05, 3.63) is 65.4 Å². The van der Waals surface area contributed by atoms with Gasteiger partial charge in [0.15, 0.2) is 5.78 Å². The lowest BCUT2D eigenvalue weighted by atomic mass is 9.73. The van der Waals surface area contributed by atoms with Crippen LogP contribution in [0.3, 0.4) is 0 Å². The molecular weight excluding hydrogens is 412 g/mol. The molecule has 2 aliphatic rings. The molecule has 1 aliphatic carbocycles. The molecule has 33 heavy (non-hydrogen) atoms. The number of benzene rings is 2. The fourth-order valence-electron chi connectivity index (χ4n) is 4.94. The van der Waals surface area contributed by atoms with Crippen molar-refractivity contribution >= 4 is 23.1 Å². The van der Waals surface area contributed by atoms with Crippen LogP contribution in [0.5, 0.6) is 5.75 Å². The highest BCUT2D eigenvalue weighted by molar-refractivity contribution is 6.06. The van der Waals surface area contributed by atoms with Gasteiger partial charge in [-0.2, -0.15) is 0 Å². The summed E-state index contributed by atoms with van der Waals surface area (Å²) in [5.41, 5.74) is 4.10. The maximum Gasteiger partial charge on any atom is 0.227 e. The largest absolute Gasteiger partial charge is 0.494 e. The first-order valence-corrected chi connectivity index (χ1v) is 12.0. The van der Waals surface area contributed by atoms with Gasteiger partial charge in [-0.15, -0.1) is 0 Å². The Hall–Kier alpha value is -3.08. The average molecular weight is 447 g/mol. The van der Waals surface area contributed by atoms with E-state index in [1.54, 1.807) is 0 Å². The lowest BCUT2D eigenvalue weighted by Gasteiger charge is -2.37. The quantitative estimate of drug-likeness (QED) is 0.556. The van der Waals surface area contributed by atoms with E-state index in [1.807, 2.05) is 60.4 Å². The third-order valence-electron chi connectivity index (χ3n) is 6.42. The summed E-state index contributed by atoms with van der Waals surface area (Å²) in [6, 6.07) is 15.2. The minimum absolute atomic E-state index is 0.0383. The Labute approximate surface area is 196 Å². The van der Waals surface area contributed by atoms with E-state index in [4.69, 9.17) is 4.74 Å². The van der Waals surface area contributed by atoms with Crippen molar-refractivity contribution in [1.29, 1.82) is 0 Å². The molecule has 0 fully saturated rings. The summed E-state index contributed by atoms with van der Waals surface area (Å²) in [7, 11) is 0. The second-order valence-corrected chi connectivity index (χ2v) is 9.75. The number of carbonyl (C=O) groups is 2. The van der Waals surface area contributed by atoms with Gasteiger partial charge in [0.25, 0.3) is 0 Å². The van der Waals surface area contributed by atoms with E-state index in [-0.39, 0.29) is 17.1 Å². The van der Waals surface area contributed by atoms with E-state index >= 15 is 0 Å². The molecule has 0 saturated carbocycles. The zero-order valence-electron chi connectivity index (χ0n) is 20.1. The second-order valence-electron chi connectivity index (χ2n) is 9.75. The number of nitrogens with zero attached hydrogens (tertiary/aromatic N) is 1. The Morgan fingerprint density at radius 1 is 1.09 bits per heavy atom. The monoisotopic (exact) mass is 446 g/mol. The number of anilines is 2. The fraction of sp³-hybridized carbons (Fsp3) is 0.429. The molecule has 1 heterocycles. The van der Waals surface area contributed by atoms with Crippen LogP contribution in [-0.4, -0.2) is 18.3 Å². The minimum atomic E-state index is -0.472. The van der Waals surface area contributed by atoms with E-state index in [2.05, 4.69) is 26.1 Å². The van der Waals surface area contributed by atoms with Gasteiger partial charge in [0.1, 0.15) is 5.75 Å². The number of para-hydroxylation sites is 2. The first-order chi connectivity index (χ1) is 15.8. The number of Topliss-reactive ketones (excluding diaryl/α,β-unsaturated/α-hetero) is 1. The van der Waals surface area contributed by atoms with Gasteiger partial charge in [-0.3, -0.25) is 14.5 Å². The number of hydrogen-bond donors (Lipinski definition) is 1. The SMILES string of the molecule is CCCCC(=O)N1c2ccccc2NC2=C(C(=O)CC(C)(C)C2)C1c1ccc(OCC)cc1. The number of rotatable bonds is 6. The van der Waals surface area contributed by atoms with Crippen LogP contribution in [0.4, 0.5) is 11.4 Å². The average Bonchev–Trinajstić information content (AvgIpc) is 2.91. The van der Waals surface area contributed by atoms with Gasteiger partial charge in [0.05, 0.1) is 24.0 Å². The van der Waals surface area contributed by atoms with Crippen LogP contribution >= 0.6 is 0 Å². The number of ketones is 1. The molecule has 1 amide bonds. The Balaban J connectivity index is 1.92. The van der Waals surface area contributed by atoms with Crippen molar-refractivity contribution in [2.45, 2.75) is 65.8 Å². The van der Waals surface area contributed by atoms with Gasteiger partial charge in [-0.1, -0.05) is 51.5 Å². The van der Waals surface area contributed by atoms with Crippen LogP contribution in [-0.2, 0) is 9.59 Å². The predicted molar refractivity (Wildman–Crippen MR) is 132 cm³/mol. The Morgan fingerprint density at radius 3 is 2.52 bits per heavy atom. The summed E-state index contributed by atoms with van der Waals surface area (Å²) in [5.74, 6) is 0.924. The molecule has 1 unspecified atom stereocenters. The summed E-state index contributed by atoms with van der Waals surface area (Å²) in [4.78, 5) is 29.2. The van der Waals surface area contributed by atoms with Crippen LogP contribution in [0, 0.1) is 5.41 Å². The van der Waals surface area contributed by atoms with Crippen molar-refractivity contribution in [1.82, 2.24) is 0 Å². The van der Waals surface area contributed by atoms with Crippen molar-refractivity contribution < 1.29 is 14.3 Å². The number of amides is 1. The molecule has 1 N–H and O–H groups in total. The number of allylic oxidation sites excluding steroid dienone is 1. The zero-order valence-corrected chi connectivity index (χ0v) is 20.1. The van der Waals surface area contributed by atoms with Gasteiger partial charge >= 0.3 is 0 Å². The summed E-state index contributed by atoms with van der Waals surface area (Å²) in [6.45, 7) is 8.88. The van der Waals surface area contributed by atoms with Gasteiger partial charge in [0, 0.05) is 24.1 Å². The molecule has 5 heteroatoms. The lowest BCUT2D eigenvalue weighted by Crippen LogP contribution is -2.39. The van der Waals surface area contributed by atoms with Gasteiger partial charge in [-0.05, 0) is 55.0 Å². The second kappa shape index (κ2) is 9.42. The van der Waals surface area contributed by atoms with Crippen molar-refractivity contribution in [3.63, 3.8) is 0 Å². The van der Waals surface area contributed by atoms with E-state index in [0.717, 1.165) is 47.6 Å². The van der Waals surface area contributed by atoms with Crippen LogP contribution < -0.4 is 15.0 Å². The van der Waals surface area contributed by atoms with Crippen LogP contribution in [0.25, 0.3) is 0 Å². The van der Waals surface area contributed by atoms with Gasteiger partial charge in [-0.25, -0.2) is 0 Å². The molecule has 0 radical (unpaired) electrons. The van der Waals surface area contributed by atoms with Gasteiger partial charge in [0.2, 0.25) is 5.91 Å². The Bertz CT molecular complexity index is 1070. The third-order valence-corrected chi connectivity index (χ3v) is 6.42. The first-order valence-electron chi connectivity index (χ1n) is 12.0. The van der Waals surface area contributed by atoms with E-state index < -0.39 is 6.04 Å². The number of carbonyl (C=O) groups excluding carboxylic acids is 2. The molecular formula is C28H34N2O3. The first kappa shape index (κ1) is 23.1. The number of fused-ring (bicyclic) bond motifs is 1. The summed E-state index contributed by atoms with van der Waals surface area (Å²) in [6.07, 6.45) is 3.42. The van der Waals surface area contributed by atoms with E-state index in [0.29, 0.717) is 25.0 Å². The topological polar surface area (TPSA) is 58.6 Å². The normalized spacial score (nSPS) is 19.3. The molecule has 4 rings (SSSR count). The molecule has 0 aromatic heterocycles. The molecule has 0 spiro atoms. The van der Waals surface area contributed by atoms with Crippen LogP contribution in [0.2, 0.25) is 0 Å². The summed E-state index contributed by atoms with van der Waals surface area (Å²) >= 11 is 0. The number of ether oxygens (including phenoxy) is 1. The maximum absolute atomic E-state index is 13.7. The molecule has 1 aliphatic heterocycles. The zero-order chi connectivity index (χ0) is 23.6. The Kier molecular flexibility index (Phi) is 6.59. The van der Waals surface area contributed by atoms with Crippen molar-refractivity contribution in [3.8, 4) is 5.75 Å². The number of hydrogen-bond acceptors (Lipinski definition) is 4. The third kappa shape index (κ3) is 4.68. The van der Waals surface area contributed by atoms with Crippen molar-refractivity contribution in [2.24, 2.45) is 5.41 Å². The van der Waals surface area contributed by atoms with E-state index in [9.17, 15) is 9.59 Å². The van der Waals surface area contributed by atoms with Gasteiger partial charge < -0.3 is 10.1 Å². The molecule has 0 bridgehead atoms. The maximum atomic E-state index is 13.7. The molecule has 1 atom stereocenters. The number of nitrogens with one attached hydrogen (secondary N) is 1. The summed E-state index contributed by atoms with van der Waals surface area (Å²) in [5, 5.41) is 3.56. The van der Waals surface area contributed by atoms with E-state index in [1.165, 1.54) is 0 Å². The smallest absolute Gasteiger partial charge is 0.227 e. The standard InChI is InChI=1S/C28H34N2O3/c1-5-7-12-25(32)30-23-11-9-8-10-21(23)29-22-17-28(3,4)18-24(31)26(22)27(30)19-13-15-20(16-14-19)33-6-2/h8-11,13-16,27,29H,5-7,12,17-18H2,1-4H3. The Morgan fingerprint density at radius 2 is 1.82 bits per heavy atom. The molecule has 0 saturated heterocycles. The highest BCUT2D eigenvalue weighted by Crippen LogP contribution is 2.48. The predicted octanol–water partition coefficient (Wildman–Crippen LogP) is 6.42. The highest BCUT2D eigenvalue weighted by Gasteiger charge is 2.43. The fourth-order valence-corrected chi connectivity index (χ4v) is 4.94. The lowest BCUT2D eigenvalue weighted by molar-refractivity contribution is -0.119. The van der Waals surface area contributed by atoms with Crippen LogP contribution in [0.15, 0.2) is 59.8 Å². The molecule has 5 nitrogen and oxygen atoms in total. The summed E-state index contributed by atoms with van der Waals surface area (Å²) < 4.78 is 5.64. The number of unbranched alkanes of at least 4 members (excludes halogenated alkanes) is 1. The van der Waals surface area contributed by atoms with Crippen molar-refractivity contribution in [2.75, 3.05) is 16.8 Å². The molecule has 2 aromatic carbocycles. The molecule has 2 aromatic rings. The highest BCUT2D eigenvalue weighted by atomic mass is 16.5. The molecule has 174 valence electrons. The van der Waals surface area contributed by atoms with Crippen LogP contribution in [0.1, 0.15) is 71.4 Å².